The van der Waals surface area contributed by atoms with Gasteiger partial charge in [0.05, 0.1) is 27.4 Å². The van der Waals surface area contributed by atoms with Gasteiger partial charge in [-0.15, -0.1) is 0 Å². The molecule has 6 rings (SSSR count). The zero-order chi connectivity index (χ0) is 30.8. The lowest BCUT2D eigenvalue weighted by Crippen LogP contribution is -2.24. The van der Waals surface area contributed by atoms with E-state index < -0.39 is 47.2 Å². The zero-order valence-corrected chi connectivity index (χ0v) is 23.7. The summed E-state index contributed by atoms with van der Waals surface area (Å²) in [7, 11) is -9.89. The lowest BCUT2D eigenvalue weighted by atomic mass is 9.80. The summed E-state index contributed by atoms with van der Waals surface area (Å²) in [5.74, 6) is -1.07. The Bertz CT molecular complexity index is 2330. The predicted octanol–water partition coefficient (Wildman–Crippen LogP) is 4.52. The van der Waals surface area contributed by atoms with Gasteiger partial charge < -0.3 is 10.3 Å². The first kappa shape index (κ1) is 28.2. The molecule has 0 spiro atoms. The van der Waals surface area contributed by atoms with Gasteiger partial charge in [0.25, 0.3) is 25.8 Å². The van der Waals surface area contributed by atoms with E-state index in [0.29, 0.717) is 11.6 Å². The Morgan fingerprint density at radius 3 is 2.02 bits per heavy atom. The molecule has 0 bridgehead atoms. The molecule has 0 saturated carbocycles. The molecule has 1 aromatic heterocycles. The van der Waals surface area contributed by atoms with Crippen molar-refractivity contribution in [1.29, 1.82) is 0 Å². The number of hydrogen-bond donors (Lipinski definition) is 4. The van der Waals surface area contributed by atoms with Gasteiger partial charge in [-0.25, -0.2) is 0 Å². The van der Waals surface area contributed by atoms with E-state index in [1.165, 1.54) is 25.1 Å². The zero-order valence-electron chi connectivity index (χ0n) is 22.1. The maximum atomic E-state index is 14.0. The Morgan fingerprint density at radius 2 is 1.37 bits per heavy atom. The van der Waals surface area contributed by atoms with Gasteiger partial charge in [0.1, 0.15) is 4.90 Å². The number of nitrogens with one attached hydrogen (secondary N) is 2. The van der Waals surface area contributed by atoms with Gasteiger partial charge in [-0.05, 0) is 42.3 Å². The molecule has 0 amide bonds. The van der Waals surface area contributed by atoms with E-state index in [9.17, 15) is 40.3 Å². The van der Waals surface area contributed by atoms with Crippen LogP contribution in [0.3, 0.4) is 0 Å². The van der Waals surface area contributed by atoms with E-state index in [4.69, 9.17) is 0 Å². The summed E-state index contributed by atoms with van der Waals surface area (Å²) in [4.78, 5) is 42.2. The molecule has 0 atom stereocenters. The largest absolute Gasteiger partial charge is 0.354 e. The molecule has 5 aromatic rings. The average molecular weight is 617 g/mol. The van der Waals surface area contributed by atoms with Gasteiger partial charge >= 0.3 is 0 Å². The number of ketones is 2. The van der Waals surface area contributed by atoms with Crippen molar-refractivity contribution >= 4 is 54.1 Å². The molecule has 0 radical (unpaired) electrons. The van der Waals surface area contributed by atoms with E-state index >= 15 is 0 Å². The molecule has 216 valence electrons. The fourth-order valence-corrected chi connectivity index (χ4v) is 6.85. The van der Waals surface area contributed by atoms with E-state index in [2.05, 4.69) is 10.3 Å². The van der Waals surface area contributed by atoms with E-state index in [1.807, 2.05) is 0 Å². The van der Waals surface area contributed by atoms with Gasteiger partial charge in [0.2, 0.25) is 0 Å². The molecule has 4 aromatic carbocycles. The quantitative estimate of drug-likeness (QED) is 0.153. The van der Waals surface area contributed by atoms with Gasteiger partial charge in [-0.1, -0.05) is 54.6 Å². The third-order valence-corrected chi connectivity index (χ3v) is 9.10. The van der Waals surface area contributed by atoms with Gasteiger partial charge in [0.15, 0.2) is 11.6 Å². The number of aromatic amines is 1. The van der Waals surface area contributed by atoms with Gasteiger partial charge in [0, 0.05) is 27.6 Å². The number of carbonyl (C=O) groups is 2. The average Bonchev–Trinajstić information content (AvgIpc) is 2.95. The van der Waals surface area contributed by atoms with Crippen molar-refractivity contribution < 1.29 is 35.5 Å². The third kappa shape index (κ3) is 4.64. The first-order valence-electron chi connectivity index (χ1n) is 12.6. The number of pyridine rings is 1. The Morgan fingerprint density at radius 1 is 0.744 bits per heavy atom. The van der Waals surface area contributed by atoms with Crippen LogP contribution in [0, 0.1) is 6.92 Å². The van der Waals surface area contributed by atoms with Crippen molar-refractivity contribution in [2.24, 2.45) is 0 Å². The highest BCUT2D eigenvalue weighted by Gasteiger charge is 2.33. The first-order chi connectivity index (χ1) is 20.3. The van der Waals surface area contributed by atoms with Crippen LogP contribution in [0.5, 0.6) is 0 Å². The Labute approximate surface area is 244 Å². The number of aryl methyl sites for hydroxylation is 1. The second-order valence-electron chi connectivity index (χ2n) is 9.87. The third-order valence-electron chi connectivity index (χ3n) is 7.21. The number of rotatable bonds is 6. The molecule has 4 N–H and O–H groups in total. The maximum Gasteiger partial charge on any atom is 0.296 e. The normalized spacial score (nSPS) is 12.7. The molecule has 11 nitrogen and oxygen atoms in total. The lowest BCUT2D eigenvalue weighted by Gasteiger charge is -2.24. The number of carbonyl (C=O) groups excluding carboxylic acids is 2. The molecule has 0 fully saturated rings. The van der Waals surface area contributed by atoms with Crippen molar-refractivity contribution in [2.45, 2.75) is 16.7 Å². The second-order valence-corrected chi connectivity index (χ2v) is 12.7. The number of anilines is 2. The standard InChI is InChI=1S/C30H20N2O9S2/c1-15-13-21(23(43(39,40)41)14-22(15)42(36,37)38)31-20-12-11-19-25-24(17-9-5-6-10-18(17)29(34)26(20)25)27(30(35)32-19)28(33)16-7-3-2-4-8-16/h2-14,31H,1H3,(H,32,35)(H,36,37,38)(H,39,40,41). The SMILES string of the molecule is Cc1cc(Nc2ccc3[nH]c(=O)c(C(=O)c4ccccc4)c4c3c2C(=O)c2ccccc2-4)c(S(=O)(=O)O)cc1S(=O)(=O)O. The van der Waals surface area contributed by atoms with Crippen LogP contribution in [0.15, 0.2) is 93.4 Å². The summed E-state index contributed by atoms with van der Waals surface area (Å²) < 4.78 is 67.7. The molecule has 43 heavy (non-hydrogen) atoms. The second kappa shape index (κ2) is 9.81. The molecular formula is C30H20N2O9S2. The van der Waals surface area contributed by atoms with Crippen molar-refractivity contribution in [3.8, 4) is 11.1 Å². The highest BCUT2D eigenvalue weighted by Crippen LogP contribution is 2.44. The highest BCUT2D eigenvalue weighted by molar-refractivity contribution is 7.86. The Hall–Kier alpha value is -4.95. The van der Waals surface area contributed by atoms with Crippen LogP contribution in [0.4, 0.5) is 11.4 Å². The fourth-order valence-electron chi connectivity index (χ4n) is 5.39. The smallest absolute Gasteiger partial charge is 0.296 e. The first-order valence-corrected chi connectivity index (χ1v) is 15.5. The summed E-state index contributed by atoms with van der Waals surface area (Å²) in [5, 5.41) is 3.04. The minimum atomic E-state index is -5.04. The van der Waals surface area contributed by atoms with Crippen LogP contribution in [-0.4, -0.2) is 42.5 Å². The van der Waals surface area contributed by atoms with Crippen molar-refractivity contribution in [2.75, 3.05) is 5.32 Å². The molecule has 1 aliphatic rings. The van der Waals surface area contributed by atoms with Crippen LogP contribution < -0.4 is 10.9 Å². The highest BCUT2D eigenvalue weighted by atomic mass is 32.2. The number of H-pyrrole nitrogens is 1. The molecule has 0 aliphatic heterocycles. The Kier molecular flexibility index (Phi) is 6.43. The van der Waals surface area contributed by atoms with E-state index in [1.54, 1.807) is 48.5 Å². The minimum absolute atomic E-state index is 0.00218. The summed E-state index contributed by atoms with van der Waals surface area (Å²) in [6.07, 6.45) is 0. The molecule has 1 heterocycles. The van der Waals surface area contributed by atoms with E-state index in [-0.39, 0.29) is 55.7 Å². The minimum Gasteiger partial charge on any atom is -0.354 e. The van der Waals surface area contributed by atoms with Crippen LogP contribution in [0.25, 0.3) is 22.0 Å². The molecule has 0 saturated heterocycles. The molecule has 13 heteroatoms. The van der Waals surface area contributed by atoms with Crippen LogP contribution in [-0.2, 0) is 20.2 Å². The number of aromatic nitrogens is 1. The summed E-state index contributed by atoms with van der Waals surface area (Å²) in [5.41, 5.74) is 0.0957. The fraction of sp³-hybridized carbons (Fsp3) is 0.0333. The molecule has 0 unspecified atom stereocenters. The van der Waals surface area contributed by atoms with Crippen LogP contribution >= 0.6 is 0 Å². The van der Waals surface area contributed by atoms with Crippen molar-refractivity contribution in [3.05, 3.63) is 117 Å². The van der Waals surface area contributed by atoms with Crippen LogP contribution in [0.1, 0.15) is 37.4 Å². The molecular weight excluding hydrogens is 596 g/mol. The lowest BCUT2D eigenvalue weighted by molar-refractivity contribution is 0.102. The van der Waals surface area contributed by atoms with Gasteiger partial charge in [-0.3, -0.25) is 23.5 Å². The Balaban J connectivity index is 1.67. The summed E-state index contributed by atoms with van der Waals surface area (Å²) in [6, 6.07) is 19.2. The number of benzene rings is 4. The van der Waals surface area contributed by atoms with Gasteiger partial charge in [-0.2, -0.15) is 16.8 Å². The summed E-state index contributed by atoms with van der Waals surface area (Å²) in [6.45, 7) is 1.30. The topological polar surface area (TPSA) is 188 Å². The monoisotopic (exact) mass is 616 g/mol. The molecule has 1 aliphatic carbocycles. The van der Waals surface area contributed by atoms with E-state index in [0.717, 1.165) is 6.07 Å². The number of hydrogen-bond acceptors (Lipinski definition) is 8. The summed E-state index contributed by atoms with van der Waals surface area (Å²) >= 11 is 0. The predicted molar refractivity (Wildman–Crippen MR) is 157 cm³/mol. The van der Waals surface area contributed by atoms with Crippen molar-refractivity contribution in [3.63, 3.8) is 0 Å². The maximum absolute atomic E-state index is 14.0. The number of fused-ring (bicyclic) bond motifs is 2. The van der Waals surface area contributed by atoms with Crippen molar-refractivity contribution in [1.82, 2.24) is 4.98 Å². The van der Waals surface area contributed by atoms with Crippen LogP contribution in [0.2, 0.25) is 0 Å².